The molecule has 0 aliphatic rings. The Hall–Kier alpha value is -2.12. The molecular formula is C11H14N4O3. The Morgan fingerprint density at radius 2 is 2.17 bits per heavy atom. The summed E-state index contributed by atoms with van der Waals surface area (Å²) in [7, 11) is 3.02. The number of rotatable bonds is 2. The molecule has 0 radical (unpaired) electrons. The maximum atomic E-state index is 11.6. The molecule has 0 saturated carbocycles. The summed E-state index contributed by atoms with van der Waals surface area (Å²) in [5, 5.41) is 0.927. The zero-order valence-electron chi connectivity index (χ0n) is 10.1. The van der Waals surface area contributed by atoms with Crippen LogP contribution in [0.25, 0.3) is 11.1 Å². The molecule has 0 bridgehead atoms. The molecule has 1 aromatic heterocycles. The first-order valence-electron chi connectivity index (χ1n) is 5.29. The van der Waals surface area contributed by atoms with Crippen LogP contribution in [0.2, 0.25) is 0 Å². The lowest BCUT2D eigenvalue weighted by molar-refractivity contribution is -0.131. The molecule has 2 rings (SSSR count). The van der Waals surface area contributed by atoms with Crippen molar-refractivity contribution in [1.29, 1.82) is 0 Å². The summed E-state index contributed by atoms with van der Waals surface area (Å²) in [6, 6.07) is 4.04. The Morgan fingerprint density at radius 3 is 2.78 bits per heavy atom. The molecule has 1 aromatic carbocycles. The van der Waals surface area contributed by atoms with Gasteiger partial charge in [0.2, 0.25) is 0 Å². The van der Waals surface area contributed by atoms with Crippen LogP contribution < -0.4 is 17.3 Å². The molecule has 0 fully saturated rings. The highest BCUT2D eigenvalue weighted by Gasteiger charge is 2.19. The first-order valence-corrected chi connectivity index (χ1v) is 5.29. The van der Waals surface area contributed by atoms with E-state index in [2.05, 4.69) is 0 Å². The second-order valence-electron chi connectivity index (χ2n) is 4.08. The van der Waals surface area contributed by atoms with E-state index in [1.807, 2.05) is 0 Å². The fourth-order valence-corrected chi connectivity index (χ4v) is 1.71. The standard InChI is InChI=1S/C11H14N4O3/c1-14-7-4-3-6(5-8(7)18-11(14)17)9(12)10(16)15(2)13/h3-5,9H,12-13H2,1-2H3. The van der Waals surface area contributed by atoms with E-state index in [1.54, 1.807) is 25.2 Å². The van der Waals surface area contributed by atoms with Crippen molar-refractivity contribution in [2.45, 2.75) is 6.04 Å². The third-order valence-corrected chi connectivity index (χ3v) is 2.79. The van der Waals surface area contributed by atoms with E-state index in [4.69, 9.17) is 16.0 Å². The molecule has 96 valence electrons. The SMILES string of the molecule is CN(N)C(=O)C(N)c1ccc2c(c1)oc(=O)n2C. The maximum absolute atomic E-state index is 11.6. The average molecular weight is 250 g/mol. The molecule has 7 nitrogen and oxygen atoms in total. The van der Waals surface area contributed by atoms with Crippen LogP contribution in [0.3, 0.4) is 0 Å². The van der Waals surface area contributed by atoms with E-state index in [1.165, 1.54) is 11.6 Å². The lowest BCUT2D eigenvalue weighted by Crippen LogP contribution is -2.40. The Morgan fingerprint density at radius 1 is 1.50 bits per heavy atom. The van der Waals surface area contributed by atoms with E-state index < -0.39 is 17.7 Å². The summed E-state index contributed by atoms with van der Waals surface area (Å²) in [6.07, 6.45) is 0. The minimum atomic E-state index is -0.880. The van der Waals surface area contributed by atoms with Crippen molar-refractivity contribution in [3.05, 3.63) is 34.3 Å². The van der Waals surface area contributed by atoms with Gasteiger partial charge in [-0.1, -0.05) is 6.07 Å². The zero-order chi connectivity index (χ0) is 13.4. The number of aryl methyl sites for hydroxylation is 1. The third-order valence-electron chi connectivity index (χ3n) is 2.79. The van der Waals surface area contributed by atoms with Crippen LogP contribution in [-0.4, -0.2) is 22.5 Å². The van der Waals surface area contributed by atoms with E-state index in [9.17, 15) is 9.59 Å². The molecule has 0 aliphatic heterocycles. The monoisotopic (exact) mass is 250 g/mol. The highest BCUT2D eigenvalue weighted by Crippen LogP contribution is 2.19. The number of nitrogens with two attached hydrogens (primary N) is 2. The van der Waals surface area contributed by atoms with Crippen molar-refractivity contribution >= 4 is 17.0 Å². The van der Waals surface area contributed by atoms with Gasteiger partial charge in [0.15, 0.2) is 5.58 Å². The fraction of sp³-hybridized carbons (Fsp3) is 0.273. The van der Waals surface area contributed by atoms with Gasteiger partial charge in [0.25, 0.3) is 5.91 Å². The van der Waals surface area contributed by atoms with Gasteiger partial charge in [0.05, 0.1) is 5.52 Å². The molecule has 1 heterocycles. The van der Waals surface area contributed by atoms with E-state index >= 15 is 0 Å². The number of hydrazine groups is 1. The molecule has 1 unspecified atom stereocenters. The molecule has 0 saturated heterocycles. The molecule has 1 amide bonds. The van der Waals surface area contributed by atoms with Gasteiger partial charge in [-0.15, -0.1) is 0 Å². The number of nitrogens with zero attached hydrogens (tertiary/aromatic N) is 2. The number of benzene rings is 1. The third kappa shape index (κ3) is 1.89. The zero-order valence-corrected chi connectivity index (χ0v) is 10.1. The minimum Gasteiger partial charge on any atom is -0.408 e. The number of hydrogen-bond donors (Lipinski definition) is 2. The van der Waals surface area contributed by atoms with Gasteiger partial charge < -0.3 is 10.2 Å². The topological polar surface area (TPSA) is 107 Å². The van der Waals surface area contributed by atoms with Crippen LogP contribution in [0.4, 0.5) is 0 Å². The predicted octanol–water partition coefficient (Wildman–Crippen LogP) is -0.537. The molecular weight excluding hydrogens is 236 g/mol. The number of carbonyl (C=O) groups excluding carboxylic acids is 1. The van der Waals surface area contributed by atoms with Crippen LogP contribution in [0.1, 0.15) is 11.6 Å². The average Bonchev–Trinajstić information content (AvgIpc) is 2.62. The number of aromatic nitrogens is 1. The van der Waals surface area contributed by atoms with Crippen LogP contribution in [0, 0.1) is 0 Å². The Kier molecular flexibility index (Phi) is 2.93. The molecule has 7 heteroatoms. The van der Waals surface area contributed by atoms with Crippen LogP contribution >= 0.6 is 0 Å². The number of amides is 1. The van der Waals surface area contributed by atoms with Gasteiger partial charge in [-0.3, -0.25) is 14.4 Å². The molecule has 18 heavy (non-hydrogen) atoms. The number of likely N-dealkylation sites (N-methyl/N-ethyl adjacent to an activating group) is 1. The summed E-state index contributed by atoms with van der Waals surface area (Å²) in [4.78, 5) is 23.0. The van der Waals surface area contributed by atoms with Gasteiger partial charge in [-0.25, -0.2) is 10.6 Å². The van der Waals surface area contributed by atoms with Crippen molar-refractivity contribution in [2.24, 2.45) is 18.6 Å². The molecule has 4 N–H and O–H groups in total. The summed E-state index contributed by atoms with van der Waals surface area (Å²) >= 11 is 0. The first kappa shape index (κ1) is 12.3. The quantitative estimate of drug-likeness (QED) is 0.423. The summed E-state index contributed by atoms with van der Waals surface area (Å²) < 4.78 is 6.40. The maximum Gasteiger partial charge on any atom is 0.419 e. The normalized spacial score (nSPS) is 12.7. The second-order valence-corrected chi connectivity index (χ2v) is 4.08. The van der Waals surface area contributed by atoms with Gasteiger partial charge in [-0.2, -0.15) is 0 Å². The van der Waals surface area contributed by atoms with Crippen LogP contribution in [-0.2, 0) is 11.8 Å². The van der Waals surface area contributed by atoms with E-state index in [-0.39, 0.29) is 0 Å². The molecule has 1 atom stereocenters. The number of carbonyl (C=O) groups is 1. The Labute approximate surface area is 103 Å². The number of oxazole rings is 1. The highest BCUT2D eigenvalue weighted by atomic mass is 16.4. The van der Waals surface area contributed by atoms with Crippen molar-refractivity contribution in [1.82, 2.24) is 9.58 Å². The minimum absolute atomic E-state index is 0.392. The Balaban J connectivity index is 2.48. The van der Waals surface area contributed by atoms with Crippen LogP contribution in [0.5, 0.6) is 0 Å². The summed E-state index contributed by atoms with van der Waals surface area (Å²) in [5.74, 6) is 4.46. The fourth-order valence-electron chi connectivity index (χ4n) is 1.71. The van der Waals surface area contributed by atoms with Crippen molar-refractivity contribution in [3.8, 4) is 0 Å². The van der Waals surface area contributed by atoms with Crippen molar-refractivity contribution < 1.29 is 9.21 Å². The summed E-state index contributed by atoms with van der Waals surface area (Å²) in [6.45, 7) is 0. The number of fused-ring (bicyclic) bond motifs is 1. The lowest BCUT2D eigenvalue weighted by atomic mass is 10.1. The van der Waals surface area contributed by atoms with Gasteiger partial charge in [0.1, 0.15) is 6.04 Å². The van der Waals surface area contributed by atoms with E-state index in [0.29, 0.717) is 16.7 Å². The predicted molar refractivity (Wildman–Crippen MR) is 65.3 cm³/mol. The molecule has 0 aliphatic carbocycles. The smallest absolute Gasteiger partial charge is 0.408 e. The molecule has 0 spiro atoms. The summed E-state index contributed by atoms with van der Waals surface area (Å²) in [5.41, 5.74) is 7.35. The largest absolute Gasteiger partial charge is 0.419 e. The highest BCUT2D eigenvalue weighted by molar-refractivity contribution is 5.84. The van der Waals surface area contributed by atoms with Crippen molar-refractivity contribution in [3.63, 3.8) is 0 Å². The van der Waals surface area contributed by atoms with Crippen molar-refractivity contribution in [2.75, 3.05) is 7.05 Å². The lowest BCUT2D eigenvalue weighted by Gasteiger charge is -2.16. The number of hydrogen-bond acceptors (Lipinski definition) is 5. The Bertz CT molecular complexity index is 656. The van der Waals surface area contributed by atoms with E-state index in [0.717, 1.165) is 5.01 Å². The first-order chi connectivity index (χ1) is 8.41. The molecule has 2 aromatic rings. The van der Waals surface area contributed by atoms with Gasteiger partial charge in [-0.05, 0) is 17.7 Å². The van der Waals surface area contributed by atoms with Crippen LogP contribution in [0.15, 0.2) is 27.4 Å². The van der Waals surface area contributed by atoms with Gasteiger partial charge in [0, 0.05) is 14.1 Å². The van der Waals surface area contributed by atoms with Gasteiger partial charge >= 0.3 is 5.76 Å². The second kappa shape index (κ2) is 4.28.